The summed E-state index contributed by atoms with van der Waals surface area (Å²) in [6.07, 6.45) is -0.473. The molecule has 18 heavy (non-hydrogen) atoms. The number of benzene rings is 1. The first-order valence-electron chi connectivity index (χ1n) is 5.42. The molecule has 1 fully saturated rings. The van der Waals surface area contributed by atoms with E-state index in [0.717, 1.165) is 5.56 Å². The zero-order valence-corrected chi connectivity index (χ0v) is 11.5. The molecule has 0 unspecified atom stereocenters. The predicted octanol–water partition coefficient (Wildman–Crippen LogP) is 3.51. The normalized spacial score (nSPS) is 22.2. The number of cyclic esters (lactones) is 1. The van der Waals surface area contributed by atoms with E-state index in [-0.39, 0.29) is 27.3 Å². The smallest absolute Gasteiger partial charge is 0.407 e. The SMILES string of the molecule is CC1(C)COC(=O)N[C@@H]1c1cc(Cl)c(O)c(Cl)c1. The molecule has 2 rings (SSSR count). The number of phenols is 1. The lowest BCUT2D eigenvalue weighted by atomic mass is 9.80. The summed E-state index contributed by atoms with van der Waals surface area (Å²) in [5.41, 5.74) is 0.446. The highest BCUT2D eigenvalue weighted by molar-refractivity contribution is 6.37. The van der Waals surface area contributed by atoms with E-state index in [9.17, 15) is 9.90 Å². The van der Waals surface area contributed by atoms with Gasteiger partial charge >= 0.3 is 6.09 Å². The Morgan fingerprint density at radius 2 is 1.94 bits per heavy atom. The number of halogens is 2. The van der Waals surface area contributed by atoms with E-state index < -0.39 is 6.09 Å². The van der Waals surface area contributed by atoms with Gasteiger partial charge in [0.1, 0.15) is 6.61 Å². The summed E-state index contributed by atoms with van der Waals surface area (Å²) < 4.78 is 4.96. The highest BCUT2D eigenvalue weighted by Gasteiger charge is 2.38. The number of hydrogen-bond acceptors (Lipinski definition) is 3. The minimum Gasteiger partial charge on any atom is -0.505 e. The highest BCUT2D eigenvalue weighted by Crippen LogP contribution is 2.41. The quantitative estimate of drug-likeness (QED) is 0.832. The Balaban J connectivity index is 2.43. The average Bonchev–Trinajstić information content (AvgIpc) is 2.28. The van der Waals surface area contributed by atoms with Gasteiger partial charge < -0.3 is 15.2 Å². The van der Waals surface area contributed by atoms with Gasteiger partial charge in [-0.15, -0.1) is 0 Å². The predicted molar refractivity (Wildman–Crippen MR) is 69.1 cm³/mol. The minimum atomic E-state index is -0.473. The van der Waals surface area contributed by atoms with Crippen molar-refractivity contribution < 1.29 is 14.6 Å². The molecular weight excluding hydrogens is 277 g/mol. The van der Waals surface area contributed by atoms with E-state index in [0.29, 0.717) is 6.61 Å². The molecule has 0 aliphatic carbocycles. The maximum absolute atomic E-state index is 11.3. The molecule has 4 nitrogen and oxygen atoms in total. The Kier molecular flexibility index (Phi) is 3.34. The van der Waals surface area contributed by atoms with Crippen molar-refractivity contribution in [2.24, 2.45) is 5.41 Å². The zero-order valence-electron chi connectivity index (χ0n) is 9.96. The molecule has 0 radical (unpaired) electrons. The van der Waals surface area contributed by atoms with Crippen LogP contribution in [-0.4, -0.2) is 17.8 Å². The Bertz CT molecular complexity index is 479. The van der Waals surface area contributed by atoms with Gasteiger partial charge in [-0.1, -0.05) is 37.0 Å². The molecule has 0 spiro atoms. The summed E-state index contributed by atoms with van der Waals surface area (Å²) >= 11 is 11.8. The van der Waals surface area contributed by atoms with Gasteiger partial charge in [0.05, 0.1) is 16.1 Å². The van der Waals surface area contributed by atoms with Crippen LogP contribution in [0.3, 0.4) is 0 Å². The first-order valence-corrected chi connectivity index (χ1v) is 6.18. The third-order valence-electron chi connectivity index (χ3n) is 2.99. The molecule has 1 aromatic rings. The van der Waals surface area contributed by atoms with Crippen molar-refractivity contribution in [3.8, 4) is 5.75 Å². The van der Waals surface area contributed by atoms with Gasteiger partial charge in [-0.2, -0.15) is 0 Å². The Morgan fingerprint density at radius 1 is 1.39 bits per heavy atom. The van der Waals surface area contributed by atoms with Crippen molar-refractivity contribution in [2.75, 3.05) is 6.61 Å². The zero-order chi connectivity index (χ0) is 13.5. The number of carbonyl (C=O) groups is 1. The molecule has 0 bridgehead atoms. The monoisotopic (exact) mass is 289 g/mol. The van der Waals surface area contributed by atoms with E-state index in [4.69, 9.17) is 27.9 Å². The molecule has 1 aromatic carbocycles. The first kappa shape index (κ1) is 13.3. The van der Waals surface area contributed by atoms with Crippen LogP contribution in [0.25, 0.3) is 0 Å². The van der Waals surface area contributed by atoms with Crippen LogP contribution in [-0.2, 0) is 4.74 Å². The second-order valence-corrected chi connectivity index (χ2v) is 5.79. The van der Waals surface area contributed by atoms with Crippen LogP contribution in [0.1, 0.15) is 25.5 Å². The van der Waals surface area contributed by atoms with Crippen LogP contribution in [0.4, 0.5) is 4.79 Å². The molecule has 98 valence electrons. The number of alkyl carbamates (subject to hydrolysis) is 1. The summed E-state index contributed by atoms with van der Waals surface area (Å²) in [4.78, 5) is 11.3. The van der Waals surface area contributed by atoms with Crippen LogP contribution in [0.15, 0.2) is 12.1 Å². The van der Waals surface area contributed by atoms with Gasteiger partial charge in [0.25, 0.3) is 0 Å². The second-order valence-electron chi connectivity index (χ2n) is 4.98. The molecule has 1 aliphatic heterocycles. The average molecular weight is 290 g/mol. The number of carbonyl (C=O) groups excluding carboxylic acids is 1. The lowest BCUT2D eigenvalue weighted by molar-refractivity contribution is 0.0387. The maximum Gasteiger partial charge on any atom is 0.407 e. The Morgan fingerprint density at radius 3 is 2.50 bits per heavy atom. The van der Waals surface area contributed by atoms with Gasteiger partial charge in [0.15, 0.2) is 5.75 Å². The van der Waals surface area contributed by atoms with E-state index in [2.05, 4.69) is 5.32 Å². The molecule has 1 aliphatic rings. The molecular formula is C12H13Cl2NO3. The van der Waals surface area contributed by atoms with Crippen molar-refractivity contribution in [1.82, 2.24) is 5.32 Å². The molecule has 6 heteroatoms. The van der Waals surface area contributed by atoms with Gasteiger partial charge in [-0.25, -0.2) is 4.79 Å². The first-order chi connectivity index (χ1) is 8.31. The van der Waals surface area contributed by atoms with Crippen LogP contribution < -0.4 is 5.32 Å². The van der Waals surface area contributed by atoms with Gasteiger partial charge in [-0.05, 0) is 17.7 Å². The van der Waals surface area contributed by atoms with Gasteiger partial charge in [0, 0.05) is 5.41 Å². The van der Waals surface area contributed by atoms with Crippen molar-refractivity contribution >= 4 is 29.3 Å². The lowest BCUT2D eigenvalue weighted by Gasteiger charge is -2.38. The topological polar surface area (TPSA) is 58.6 Å². The molecule has 0 saturated carbocycles. The fourth-order valence-corrected chi connectivity index (χ4v) is 2.48. The molecule has 1 atom stereocenters. The van der Waals surface area contributed by atoms with E-state index in [1.54, 1.807) is 12.1 Å². The number of amides is 1. The minimum absolute atomic E-state index is 0.154. The summed E-state index contributed by atoms with van der Waals surface area (Å²) in [5.74, 6) is -0.154. The van der Waals surface area contributed by atoms with Crippen molar-refractivity contribution in [3.05, 3.63) is 27.7 Å². The number of nitrogens with one attached hydrogen (secondary N) is 1. The van der Waals surface area contributed by atoms with Crippen molar-refractivity contribution in [3.63, 3.8) is 0 Å². The molecule has 1 amide bonds. The number of aromatic hydroxyl groups is 1. The van der Waals surface area contributed by atoms with Crippen LogP contribution >= 0.6 is 23.2 Å². The number of ether oxygens (including phenoxy) is 1. The fraction of sp³-hybridized carbons (Fsp3) is 0.417. The molecule has 1 saturated heterocycles. The number of rotatable bonds is 1. The van der Waals surface area contributed by atoms with E-state index in [1.807, 2.05) is 13.8 Å². The van der Waals surface area contributed by atoms with Crippen LogP contribution in [0.5, 0.6) is 5.75 Å². The number of hydrogen-bond donors (Lipinski definition) is 2. The molecule has 2 N–H and O–H groups in total. The number of phenolic OH excluding ortho intramolecular Hbond substituents is 1. The maximum atomic E-state index is 11.3. The van der Waals surface area contributed by atoms with E-state index >= 15 is 0 Å². The standard InChI is InChI=1S/C12H13Cl2NO3/c1-12(2)5-18-11(17)15-10(12)6-3-7(13)9(16)8(14)4-6/h3-4,10,16H,5H2,1-2H3,(H,15,17)/t10-/m1/s1. The summed E-state index contributed by atoms with van der Waals surface area (Å²) in [6, 6.07) is 2.93. The van der Waals surface area contributed by atoms with Crippen molar-refractivity contribution in [1.29, 1.82) is 0 Å². The largest absolute Gasteiger partial charge is 0.505 e. The van der Waals surface area contributed by atoms with Crippen LogP contribution in [0, 0.1) is 5.41 Å². The summed E-state index contributed by atoms with van der Waals surface area (Å²) in [5, 5.41) is 12.6. The Labute approximate surface area is 115 Å². The second kappa shape index (κ2) is 4.52. The molecule has 1 heterocycles. The summed E-state index contributed by atoms with van der Waals surface area (Å²) in [7, 11) is 0. The van der Waals surface area contributed by atoms with E-state index in [1.165, 1.54) is 0 Å². The van der Waals surface area contributed by atoms with Gasteiger partial charge in [-0.3, -0.25) is 0 Å². The summed E-state index contributed by atoms with van der Waals surface area (Å²) in [6.45, 7) is 4.23. The lowest BCUT2D eigenvalue weighted by Crippen LogP contribution is -2.46. The third kappa shape index (κ3) is 2.35. The van der Waals surface area contributed by atoms with Gasteiger partial charge in [0.2, 0.25) is 0 Å². The fourth-order valence-electron chi connectivity index (χ4n) is 1.98. The molecule has 0 aromatic heterocycles. The van der Waals surface area contributed by atoms with Crippen LogP contribution in [0.2, 0.25) is 10.0 Å². The third-order valence-corrected chi connectivity index (χ3v) is 3.57. The highest BCUT2D eigenvalue weighted by atomic mass is 35.5. The van der Waals surface area contributed by atoms with Crippen molar-refractivity contribution in [2.45, 2.75) is 19.9 Å². The Hall–Kier alpha value is -1.13.